The minimum absolute atomic E-state index is 0.0662. The fraction of sp³-hybridized carbons (Fsp3) is 0.500. The molecule has 25 heavy (non-hydrogen) atoms. The van der Waals surface area contributed by atoms with Crippen LogP contribution in [0.25, 0.3) is 0 Å². The van der Waals surface area contributed by atoms with Crippen LogP contribution in [-0.2, 0) is 16.1 Å². The van der Waals surface area contributed by atoms with Crippen molar-refractivity contribution in [3.05, 3.63) is 35.9 Å². The van der Waals surface area contributed by atoms with Crippen LogP contribution in [-0.4, -0.2) is 85.9 Å². The van der Waals surface area contributed by atoms with Gasteiger partial charge >= 0.3 is 6.09 Å². The number of hydrogen-bond donors (Lipinski definition) is 5. The number of β-amino-alcohol motifs (C(OH)–C–C–N with tert-alkyl or cyclic N) is 1. The third kappa shape index (κ3) is 4.33. The van der Waals surface area contributed by atoms with Crippen LogP contribution < -0.4 is 0 Å². The largest absolute Gasteiger partial charge is 0.445 e. The highest BCUT2D eigenvalue weighted by molar-refractivity contribution is 5.84. The Balaban J connectivity index is 2.08. The van der Waals surface area contributed by atoms with Crippen LogP contribution in [0, 0.1) is 0 Å². The van der Waals surface area contributed by atoms with E-state index in [1.165, 1.54) is 0 Å². The quantitative estimate of drug-likeness (QED) is 0.394. The number of carbonyl (C=O) groups is 2. The van der Waals surface area contributed by atoms with E-state index < -0.39 is 48.9 Å². The van der Waals surface area contributed by atoms with Crippen molar-refractivity contribution in [3.8, 4) is 0 Å². The number of aliphatic hydroxyl groups excluding tert-OH is 5. The maximum atomic E-state index is 12.2. The molecule has 9 heteroatoms. The molecule has 0 radical (unpaired) electrons. The Morgan fingerprint density at radius 1 is 1.20 bits per heavy atom. The zero-order chi connectivity index (χ0) is 18.6. The van der Waals surface area contributed by atoms with E-state index in [9.17, 15) is 30.0 Å². The van der Waals surface area contributed by atoms with E-state index >= 15 is 0 Å². The Kier molecular flexibility index (Phi) is 6.45. The van der Waals surface area contributed by atoms with Gasteiger partial charge in [0.2, 0.25) is 0 Å². The van der Waals surface area contributed by atoms with Crippen molar-refractivity contribution in [1.82, 2.24) is 4.90 Å². The molecule has 1 amide bonds. The summed E-state index contributed by atoms with van der Waals surface area (Å²) >= 11 is 0. The number of hydrogen-bond acceptors (Lipinski definition) is 8. The predicted molar refractivity (Wildman–Crippen MR) is 83.2 cm³/mol. The number of nitrogens with zero attached hydrogens (tertiary/aromatic N) is 1. The van der Waals surface area contributed by atoms with E-state index in [4.69, 9.17) is 9.84 Å². The fourth-order valence-electron chi connectivity index (χ4n) is 2.70. The zero-order valence-corrected chi connectivity index (χ0v) is 13.3. The highest BCUT2D eigenvalue weighted by Crippen LogP contribution is 2.24. The SMILES string of the molecule is O=C(CO)[C@H](O)[C@@H](O)[C@@H]1[C@@H](O)[C@H](O)CN1C(=O)OCc1ccccc1. The molecule has 1 aliphatic rings. The summed E-state index contributed by atoms with van der Waals surface area (Å²) in [6.07, 6.45) is -7.79. The summed E-state index contributed by atoms with van der Waals surface area (Å²) in [4.78, 5) is 24.4. The highest BCUT2D eigenvalue weighted by Gasteiger charge is 2.49. The van der Waals surface area contributed by atoms with E-state index in [2.05, 4.69) is 0 Å². The highest BCUT2D eigenvalue weighted by atomic mass is 16.6. The molecule has 0 bridgehead atoms. The van der Waals surface area contributed by atoms with Gasteiger partial charge in [0, 0.05) is 0 Å². The molecule has 0 spiro atoms. The predicted octanol–water partition coefficient (Wildman–Crippen LogP) is -1.99. The average Bonchev–Trinajstić information content (AvgIpc) is 2.93. The Hall–Kier alpha value is -2.04. The van der Waals surface area contributed by atoms with Gasteiger partial charge < -0.3 is 30.3 Å². The molecule has 1 aliphatic heterocycles. The first-order valence-corrected chi connectivity index (χ1v) is 7.70. The van der Waals surface area contributed by atoms with Gasteiger partial charge in [-0.1, -0.05) is 30.3 Å². The number of benzene rings is 1. The Labute approximate surface area is 143 Å². The summed E-state index contributed by atoms with van der Waals surface area (Å²) in [6.45, 7) is -1.41. The second kappa shape index (κ2) is 8.37. The Morgan fingerprint density at radius 2 is 1.84 bits per heavy atom. The summed E-state index contributed by atoms with van der Waals surface area (Å²) in [6, 6.07) is 7.33. The third-order valence-corrected chi connectivity index (χ3v) is 4.09. The lowest BCUT2D eigenvalue weighted by atomic mass is 9.98. The Morgan fingerprint density at radius 3 is 2.44 bits per heavy atom. The number of aliphatic hydroxyl groups is 5. The van der Waals surface area contributed by atoms with Crippen molar-refractivity contribution in [1.29, 1.82) is 0 Å². The van der Waals surface area contributed by atoms with Gasteiger partial charge in [-0.15, -0.1) is 0 Å². The molecular formula is C16H21NO8. The van der Waals surface area contributed by atoms with Crippen molar-refractivity contribution in [2.45, 2.75) is 37.1 Å². The van der Waals surface area contributed by atoms with Crippen LogP contribution in [0.15, 0.2) is 30.3 Å². The smallest absolute Gasteiger partial charge is 0.410 e. The number of Topliss-reactive ketones (excluding diaryl/α,β-unsaturated/α-hetero) is 1. The molecule has 1 saturated heterocycles. The van der Waals surface area contributed by atoms with E-state index in [1.807, 2.05) is 0 Å². The second-order valence-electron chi connectivity index (χ2n) is 5.80. The van der Waals surface area contributed by atoms with Gasteiger partial charge in [0.05, 0.1) is 18.7 Å². The van der Waals surface area contributed by atoms with Gasteiger partial charge in [-0.05, 0) is 5.56 Å². The van der Waals surface area contributed by atoms with Crippen molar-refractivity contribution in [2.75, 3.05) is 13.2 Å². The van der Waals surface area contributed by atoms with E-state index in [1.54, 1.807) is 30.3 Å². The third-order valence-electron chi connectivity index (χ3n) is 4.09. The van der Waals surface area contributed by atoms with Gasteiger partial charge in [-0.3, -0.25) is 9.69 Å². The van der Waals surface area contributed by atoms with Crippen molar-refractivity contribution >= 4 is 11.9 Å². The summed E-state index contributed by atoms with van der Waals surface area (Å²) in [5.74, 6) is -1.07. The molecule has 5 atom stereocenters. The van der Waals surface area contributed by atoms with Gasteiger partial charge in [0.15, 0.2) is 5.78 Å². The van der Waals surface area contributed by atoms with Gasteiger partial charge in [-0.2, -0.15) is 0 Å². The molecule has 0 aromatic heterocycles. The Bertz CT molecular complexity index is 595. The second-order valence-corrected chi connectivity index (χ2v) is 5.80. The summed E-state index contributed by atoms with van der Waals surface area (Å²) in [5.41, 5.74) is 0.712. The lowest BCUT2D eigenvalue weighted by Gasteiger charge is -2.31. The fourth-order valence-corrected chi connectivity index (χ4v) is 2.70. The van der Waals surface area contributed by atoms with Gasteiger partial charge in [0.25, 0.3) is 0 Å². The topological polar surface area (TPSA) is 148 Å². The summed E-state index contributed by atoms with van der Waals surface area (Å²) in [7, 11) is 0. The van der Waals surface area contributed by atoms with Crippen LogP contribution in [0.1, 0.15) is 5.56 Å². The van der Waals surface area contributed by atoms with E-state index in [0.29, 0.717) is 5.56 Å². The van der Waals surface area contributed by atoms with Gasteiger partial charge in [0.1, 0.15) is 31.5 Å². The van der Waals surface area contributed by atoms with Crippen LogP contribution in [0.4, 0.5) is 4.79 Å². The van der Waals surface area contributed by atoms with Crippen molar-refractivity contribution < 1.29 is 39.9 Å². The maximum Gasteiger partial charge on any atom is 0.410 e. The monoisotopic (exact) mass is 355 g/mol. The molecule has 0 unspecified atom stereocenters. The number of carbonyl (C=O) groups excluding carboxylic acids is 2. The first-order valence-electron chi connectivity index (χ1n) is 7.70. The van der Waals surface area contributed by atoms with E-state index in [0.717, 1.165) is 4.90 Å². The summed E-state index contributed by atoms with van der Waals surface area (Å²) < 4.78 is 5.09. The molecule has 1 fully saturated rings. The normalized spacial score (nSPS) is 25.5. The molecule has 5 N–H and O–H groups in total. The van der Waals surface area contributed by atoms with Crippen LogP contribution in [0.5, 0.6) is 0 Å². The number of amides is 1. The number of rotatable bonds is 6. The molecule has 1 heterocycles. The molecule has 0 saturated carbocycles. The molecule has 138 valence electrons. The zero-order valence-electron chi connectivity index (χ0n) is 13.3. The first-order chi connectivity index (χ1) is 11.9. The number of likely N-dealkylation sites (tertiary alicyclic amines) is 1. The first kappa shape index (κ1) is 19.3. The lowest BCUT2D eigenvalue weighted by molar-refractivity contribution is -0.140. The van der Waals surface area contributed by atoms with Gasteiger partial charge in [-0.25, -0.2) is 4.79 Å². The molecule has 2 rings (SSSR count). The summed E-state index contributed by atoms with van der Waals surface area (Å²) in [5, 5.41) is 48.4. The minimum Gasteiger partial charge on any atom is -0.445 e. The van der Waals surface area contributed by atoms with Crippen LogP contribution in [0.2, 0.25) is 0 Å². The molecule has 0 aliphatic carbocycles. The molecule has 1 aromatic rings. The lowest BCUT2D eigenvalue weighted by Crippen LogP contribution is -2.54. The number of ether oxygens (including phenoxy) is 1. The minimum atomic E-state index is -2.01. The number of ketones is 1. The maximum absolute atomic E-state index is 12.2. The van der Waals surface area contributed by atoms with E-state index in [-0.39, 0.29) is 13.2 Å². The molecule has 1 aromatic carbocycles. The van der Waals surface area contributed by atoms with Crippen LogP contribution in [0.3, 0.4) is 0 Å². The molecule has 9 nitrogen and oxygen atoms in total. The van der Waals surface area contributed by atoms with Crippen molar-refractivity contribution in [3.63, 3.8) is 0 Å². The average molecular weight is 355 g/mol. The van der Waals surface area contributed by atoms with Crippen LogP contribution >= 0.6 is 0 Å². The molecular weight excluding hydrogens is 334 g/mol. The van der Waals surface area contributed by atoms with Crippen molar-refractivity contribution in [2.24, 2.45) is 0 Å². The standard InChI is InChI=1S/C16H21NO8/c18-7-11(20)14(22)15(23)12-13(21)10(19)6-17(12)16(24)25-8-9-4-2-1-3-5-9/h1-5,10,12-15,18-19,21-23H,6-8H2/t10-,12+,13+,14+,15+/m1/s1.